The lowest BCUT2D eigenvalue weighted by atomic mass is 10.2. The Kier molecular flexibility index (Phi) is 6.26. The van der Waals surface area contributed by atoms with Crippen molar-refractivity contribution in [3.63, 3.8) is 0 Å². The van der Waals surface area contributed by atoms with E-state index in [1.165, 1.54) is 5.84 Å². The van der Waals surface area contributed by atoms with Crippen LogP contribution >= 0.6 is 0 Å². The molecule has 0 spiro atoms. The van der Waals surface area contributed by atoms with Gasteiger partial charge in [0.1, 0.15) is 5.84 Å². The fraction of sp³-hybridized carbons (Fsp3) is 0.750. The lowest BCUT2D eigenvalue weighted by Crippen LogP contribution is -2.32. The van der Waals surface area contributed by atoms with Crippen LogP contribution < -0.4 is 0 Å². The maximum atomic E-state index is 4.63. The predicted octanol–water partition coefficient (Wildman–Crippen LogP) is 3.45. The van der Waals surface area contributed by atoms with Crippen molar-refractivity contribution in [1.29, 1.82) is 0 Å². The maximum absolute atomic E-state index is 4.63. The van der Waals surface area contributed by atoms with Crippen LogP contribution in [0.2, 0.25) is 0 Å². The lowest BCUT2D eigenvalue weighted by molar-refractivity contribution is 0.447. The largest absolute Gasteiger partial charge is 0.335 e. The highest BCUT2D eigenvalue weighted by Gasteiger charge is 2.10. The quantitative estimate of drug-likeness (QED) is 0.497. The molecule has 0 saturated carbocycles. The number of hydrogen-bond donors (Lipinski definition) is 0. The van der Waals surface area contributed by atoms with Gasteiger partial charge in [0.15, 0.2) is 0 Å². The second kappa shape index (κ2) is 6.63. The molecule has 0 bridgehead atoms. The molecule has 2 nitrogen and oxygen atoms in total. The normalized spacial score (nSPS) is 13.3. The molecule has 0 rings (SSSR count). The first-order valence-corrected chi connectivity index (χ1v) is 5.50. The van der Waals surface area contributed by atoms with Gasteiger partial charge in [0.05, 0.1) is 0 Å². The molecule has 0 fully saturated rings. The van der Waals surface area contributed by atoms with Crippen molar-refractivity contribution in [3.05, 3.63) is 12.3 Å². The minimum Gasteiger partial charge on any atom is -0.335 e. The first-order valence-electron chi connectivity index (χ1n) is 5.50. The van der Waals surface area contributed by atoms with Crippen LogP contribution in [0.25, 0.3) is 0 Å². The number of hydrogen-bond acceptors (Lipinski definition) is 1. The van der Waals surface area contributed by atoms with Crippen LogP contribution in [0, 0.1) is 0 Å². The average molecular weight is 196 g/mol. The second-order valence-electron chi connectivity index (χ2n) is 3.98. The first-order chi connectivity index (χ1) is 6.52. The molecule has 0 aliphatic carbocycles. The van der Waals surface area contributed by atoms with Gasteiger partial charge in [0.25, 0.3) is 0 Å². The second-order valence-corrected chi connectivity index (χ2v) is 3.98. The summed E-state index contributed by atoms with van der Waals surface area (Å²) in [5.41, 5.74) is 0. The molecule has 0 aromatic carbocycles. The van der Waals surface area contributed by atoms with Crippen LogP contribution in [0.4, 0.5) is 0 Å². The Morgan fingerprint density at radius 2 is 1.86 bits per heavy atom. The van der Waals surface area contributed by atoms with Crippen molar-refractivity contribution in [2.75, 3.05) is 0 Å². The highest BCUT2D eigenvalue weighted by molar-refractivity contribution is 5.83. The zero-order valence-electron chi connectivity index (χ0n) is 10.4. The third-order valence-corrected chi connectivity index (χ3v) is 1.89. The Bertz CT molecular complexity index is 202. The molecule has 0 unspecified atom stereocenters. The van der Waals surface area contributed by atoms with Gasteiger partial charge in [-0.15, -0.1) is 0 Å². The molecule has 0 N–H and O–H groups in total. The molecular weight excluding hydrogens is 172 g/mol. The standard InChI is InChI=1S/C12H24N2/c1-7-9-14(11(5)6)12(8-2)13-10(3)4/h7,9-11H,8H2,1-6H3/b9-7-,13-12?. The zero-order valence-corrected chi connectivity index (χ0v) is 10.4. The van der Waals surface area contributed by atoms with E-state index in [-0.39, 0.29) is 0 Å². The number of amidine groups is 1. The summed E-state index contributed by atoms with van der Waals surface area (Å²) in [5.74, 6) is 1.17. The molecule has 14 heavy (non-hydrogen) atoms. The van der Waals surface area contributed by atoms with Gasteiger partial charge >= 0.3 is 0 Å². The predicted molar refractivity (Wildman–Crippen MR) is 64.7 cm³/mol. The molecule has 0 heterocycles. The summed E-state index contributed by atoms with van der Waals surface area (Å²) in [7, 11) is 0. The Balaban J connectivity index is 4.76. The van der Waals surface area contributed by atoms with E-state index in [4.69, 9.17) is 0 Å². The minimum atomic E-state index is 0.372. The van der Waals surface area contributed by atoms with E-state index in [0.29, 0.717) is 12.1 Å². The molecule has 2 heteroatoms. The third-order valence-electron chi connectivity index (χ3n) is 1.89. The van der Waals surface area contributed by atoms with Crippen LogP contribution in [0.5, 0.6) is 0 Å². The van der Waals surface area contributed by atoms with Crippen molar-refractivity contribution in [2.24, 2.45) is 4.99 Å². The summed E-state index contributed by atoms with van der Waals surface area (Å²) in [6.07, 6.45) is 5.15. The van der Waals surface area contributed by atoms with E-state index >= 15 is 0 Å². The zero-order chi connectivity index (χ0) is 11.1. The monoisotopic (exact) mass is 196 g/mol. The summed E-state index contributed by atoms with van der Waals surface area (Å²) in [6, 6.07) is 0.847. The van der Waals surface area contributed by atoms with Crippen LogP contribution in [0.1, 0.15) is 48.0 Å². The fourth-order valence-corrected chi connectivity index (χ4v) is 1.36. The molecule has 0 radical (unpaired) electrons. The van der Waals surface area contributed by atoms with E-state index in [0.717, 1.165) is 6.42 Å². The van der Waals surface area contributed by atoms with Gasteiger partial charge in [-0.1, -0.05) is 13.0 Å². The number of aliphatic imine (C=N–C) groups is 1. The van der Waals surface area contributed by atoms with Crippen LogP contribution in [-0.2, 0) is 0 Å². The summed E-state index contributed by atoms with van der Waals surface area (Å²) < 4.78 is 0. The molecule has 82 valence electrons. The topological polar surface area (TPSA) is 15.6 Å². The number of nitrogens with zero attached hydrogens (tertiary/aromatic N) is 2. The van der Waals surface area contributed by atoms with Gasteiger partial charge in [0, 0.05) is 24.7 Å². The fourth-order valence-electron chi connectivity index (χ4n) is 1.36. The summed E-state index contributed by atoms with van der Waals surface area (Å²) in [4.78, 5) is 6.86. The summed E-state index contributed by atoms with van der Waals surface area (Å²) in [5, 5.41) is 0. The van der Waals surface area contributed by atoms with E-state index in [1.807, 2.05) is 6.92 Å². The summed E-state index contributed by atoms with van der Waals surface area (Å²) >= 11 is 0. The Hall–Kier alpha value is -0.790. The molecule has 0 amide bonds. The lowest BCUT2D eigenvalue weighted by Gasteiger charge is -2.26. The van der Waals surface area contributed by atoms with Gasteiger partial charge in [-0.2, -0.15) is 0 Å². The molecular formula is C12H24N2. The maximum Gasteiger partial charge on any atom is 0.103 e. The van der Waals surface area contributed by atoms with E-state index < -0.39 is 0 Å². The molecule has 0 aliphatic rings. The third kappa shape index (κ3) is 4.45. The Morgan fingerprint density at radius 1 is 1.29 bits per heavy atom. The van der Waals surface area contributed by atoms with Crippen LogP contribution in [0.3, 0.4) is 0 Å². The number of allylic oxidation sites excluding steroid dienone is 1. The van der Waals surface area contributed by atoms with Crippen LogP contribution in [-0.4, -0.2) is 22.8 Å². The molecule has 0 aromatic rings. The van der Waals surface area contributed by atoms with E-state index in [9.17, 15) is 0 Å². The summed E-state index contributed by atoms with van der Waals surface area (Å²) in [6.45, 7) is 12.8. The van der Waals surface area contributed by atoms with Gasteiger partial charge in [0.2, 0.25) is 0 Å². The Labute approximate surface area is 88.7 Å². The van der Waals surface area contributed by atoms with Crippen molar-refractivity contribution < 1.29 is 0 Å². The van der Waals surface area contributed by atoms with Crippen molar-refractivity contribution in [2.45, 2.75) is 60.0 Å². The SMILES string of the molecule is C/C=C\N(C(CC)=NC(C)C)C(C)C. The van der Waals surface area contributed by atoms with Crippen molar-refractivity contribution >= 4 is 5.84 Å². The minimum absolute atomic E-state index is 0.372. The van der Waals surface area contributed by atoms with Crippen LogP contribution in [0.15, 0.2) is 17.3 Å². The van der Waals surface area contributed by atoms with Crippen molar-refractivity contribution in [3.8, 4) is 0 Å². The molecule has 0 saturated heterocycles. The van der Waals surface area contributed by atoms with Crippen molar-refractivity contribution in [1.82, 2.24) is 4.90 Å². The van der Waals surface area contributed by atoms with Gasteiger partial charge < -0.3 is 4.90 Å². The van der Waals surface area contributed by atoms with Gasteiger partial charge in [-0.3, -0.25) is 4.99 Å². The molecule has 0 aliphatic heterocycles. The first kappa shape index (κ1) is 13.2. The highest BCUT2D eigenvalue weighted by Crippen LogP contribution is 2.06. The van der Waals surface area contributed by atoms with E-state index in [1.54, 1.807) is 0 Å². The highest BCUT2D eigenvalue weighted by atomic mass is 15.2. The van der Waals surface area contributed by atoms with E-state index in [2.05, 4.69) is 56.8 Å². The molecule has 0 aromatic heterocycles. The van der Waals surface area contributed by atoms with Gasteiger partial charge in [-0.05, 0) is 34.6 Å². The molecule has 0 atom stereocenters. The number of rotatable bonds is 4. The smallest absolute Gasteiger partial charge is 0.103 e. The Morgan fingerprint density at radius 3 is 2.14 bits per heavy atom. The van der Waals surface area contributed by atoms with Gasteiger partial charge in [-0.25, -0.2) is 0 Å². The average Bonchev–Trinajstić information content (AvgIpc) is 2.10.